The highest BCUT2D eigenvalue weighted by Crippen LogP contribution is 2.45. The number of likely N-dealkylation sites (tertiary alicyclic amines) is 1. The number of ether oxygens (including phenoxy) is 4. The van der Waals surface area contributed by atoms with E-state index >= 15 is 0 Å². The average molecular weight is 841 g/mol. The first-order valence-corrected chi connectivity index (χ1v) is 21.3. The second kappa shape index (κ2) is 16.4. The molecular weight excluding hydrogens is 788 g/mol. The molecule has 0 radical (unpaired) electrons. The standard InChI is InChI=1S/C41H53ClN6O9S/c1-8-21-17-41(21,37(51)52)47-35(49)29-15-25(18-48(29)36(50)34(40(4,5)6)46-39(53)57-24-13-22-9-10-23(14-24)55-22)56-31-16-27(28-19-58-38(45-28)43-20(2)3)44-33-26(31)11-12-30(54-7)32(33)42/h8,11-12,16,20-25,28-29,34H,1,9-10,13-15,17-19H2,2-7H3,(H,43,45)(H,46,53)(H,47,49)(H,51,52)/t21?,22-,23+,24?,25?,28?,29-,34?,41+/m0/s1. The van der Waals surface area contributed by atoms with E-state index < -0.39 is 58.9 Å². The number of hydrogen-bond acceptors (Lipinski definition) is 12. The van der Waals surface area contributed by atoms with Crippen LogP contribution in [0.3, 0.4) is 0 Å². The Balaban J connectivity index is 1.19. The fourth-order valence-electron chi connectivity index (χ4n) is 8.40. The van der Waals surface area contributed by atoms with Crippen LogP contribution in [0, 0.1) is 11.3 Å². The lowest BCUT2D eigenvalue weighted by Gasteiger charge is -2.36. The zero-order valence-electron chi connectivity index (χ0n) is 33.7. The number of methoxy groups -OCH3 is 1. The van der Waals surface area contributed by atoms with Crippen molar-refractivity contribution in [3.63, 3.8) is 0 Å². The molecule has 4 fully saturated rings. The van der Waals surface area contributed by atoms with E-state index in [0.29, 0.717) is 51.7 Å². The minimum atomic E-state index is -1.53. The first kappa shape index (κ1) is 41.9. The number of thioether (sulfide) groups is 1. The van der Waals surface area contributed by atoms with Crippen molar-refractivity contribution in [3.05, 3.63) is 41.6 Å². The predicted molar refractivity (Wildman–Crippen MR) is 219 cm³/mol. The lowest BCUT2D eigenvalue weighted by atomic mass is 9.85. The van der Waals surface area contributed by atoms with Gasteiger partial charge in [-0.1, -0.05) is 50.2 Å². The summed E-state index contributed by atoms with van der Waals surface area (Å²) >= 11 is 8.43. The molecule has 7 rings (SSSR count). The number of aromatic nitrogens is 1. The van der Waals surface area contributed by atoms with Gasteiger partial charge in [0.25, 0.3) is 0 Å². The highest BCUT2D eigenvalue weighted by molar-refractivity contribution is 8.14. The molecule has 5 heterocycles. The largest absolute Gasteiger partial charge is 0.495 e. The fraction of sp³-hybridized carbons (Fsp3) is 0.610. The van der Waals surface area contributed by atoms with Gasteiger partial charge in [-0.15, -0.1) is 6.58 Å². The number of aliphatic carboxylic acids is 1. The predicted octanol–water partition coefficient (Wildman–Crippen LogP) is 5.38. The minimum absolute atomic E-state index is 0.0289. The Morgan fingerprint density at radius 2 is 1.84 bits per heavy atom. The van der Waals surface area contributed by atoms with E-state index in [2.05, 4.69) is 22.5 Å². The summed E-state index contributed by atoms with van der Waals surface area (Å²) in [6.07, 6.45) is 3.04. The van der Waals surface area contributed by atoms with Crippen molar-refractivity contribution in [2.24, 2.45) is 16.3 Å². The highest BCUT2D eigenvalue weighted by atomic mass is 35.5. The van der Waals surface area contributed by atoms with Crippen LogP contribution in [0.1, 0.15) is 84.9 Å². The lowest BCUT2D eigenvalue weighted by Crippen LogP contribution is -2.59. The van der Waals surface area contributed by atoms with Gasteiger partial charge in [-0.2, -0.15) is 0 Å². The lowest BCUT2D eigenvalue weighted by molar-refractivity contribution is -0.146. The number of benzene rings is 1. The van der Waals surface area contributed by atoms with Gasteiger partial charge in [0.15, 0.2) is 5.17 Å². The van der Waals surface area contributed by atoms with E-state index in [1.807, 2.05) is 40.7 Å². The van der Waals surface area contributed by atoms with E-state index in [9.17, 15) is 24.3 Å². The van der Waals surface area contributed by atoms with Crippen LogP contribution in [0.2, 0.25) is 5.02 Å². The summed E-state index contributed by atoms with van der Waals surface area (Å²) in [5.74, 6) is -1.34. The molecule has 1 saturated carbocycles. The van der Waals surface area contributed by atoms with Gasteiger partial charge in [0.1, 0.15) is 52.4 Å². The number of pyridine rings is 1. The molecule has 5 unspecified atom stereocenters. The van der Waals surface area contributed by atoms with Gasteiger partial charge < -0.3 is 44.9 Å². The Bertz CT molecular complexity index is 2000. The van der Waals surface area contributed by atoms with Crippen molar-refractivity contribution in [2.75, 3.05) is 19.4 Å². The Morgan fingerprint density at radius 1 is 1.12 bits per heavy atom. The number of halogens is 1. The maximum Gasteiger partial charge on any atom is 0.408 e. The smallest absolute Gasteiger partial charge is 0.408 e. The van der Waals surface area contributed by atoms with Crippen molar-refractivity contribution in [1.82, 2.24) is 25.8 Å². The van der Waals surface area contributed by atoms with Gasteiger partial charge in [-0.3, -0.25) is 14.6 Å². The summed E-state index contributed by atoms with van der Waals surface area (Å²) in [7, 11) is 1.52. The Labute approximate surface area is 347 Å². The number of amides is 3. The molecule has 1 aromatic carbocycles. The highest BCUT2D eigenvalue weighted by Gasteiger charge is 2.61. The Morgan fingerprint density at radius 3 is 2.47 bits per heavy atom. The second-order valence-electron chi connectivity index (χ2n) is 17.3. The molecule has 0 spiro atoms. The SMILES string of the molecule is C=CC1C[C@]1(NC(=O)[C@@H]1CC(Oc2cc(C3CSC(NC(C)C)=N3)nc3c(Cl)c(OC)ccc23)CN1C(=O)C(NC(=O)OC1C[C@H]2CC[C@@H](C1)O2)C(C)(C)C)C(=O)O. The Hall–Kier alpha value is -4.28. The number of alkyl carbamates (subject to hydrolysis) is 1. The number of fused-ring (bicyclic) bond motifs is 3. The van der Waals surface area contributed by atoms with Gasteiger partial charge in [-0.05, 0) is 50.7 Å². The third-order valence-corrected chi connectivity index (χ3v) is 12.9. The maximum atomic E-state index is 14.7. The van der Waals surface area contributed by atoms with E-state index in [4.69, 9.17) is 40.5 Å². The van der Waals surface area contributed by atoms with Gasteiger partial charge in [-0.25, -0.2) is 14.6 Å². The molecule has 17 heteroatoms. The van der Waals surface area contributed by atoms with Crippen LogP contribution in [0.15, 0.2) is 35.8 Å². The van der Waals surface area contributed by atoms with E-state index in [0.717, 1.165) is 18.0 Å². The van der Waals surface area contributed by atoms with Crippen molar-refractivity contribution in [2.45, 2.75) is 127 Å². The molecule has 15 nitrogen and oxygen atoms in total. The number of carboxylic acids is 1. The number of hydrogen-bond donors (Lipinski definition) is 4. The summed E-state index contributed by atoms with van der Waals surface area (Å²) in [5.41, 5.74) is -1.28. The van der Waals surface area contributed by atoms with Crippen molar-refractivity contribution in [3.8, 4) is 11.5 Å². The summed E-state index contributed by atoms with van der Waals surface area (Å²) in [6.45, 7) is 13.2. The van der Waals surface area contributed by atoms with E-state index in [1.165, 1.54) is 18.1 Å². The first-order valence-electron chi connectivity index (χ1n) is 19.9. The molecule has 9 atom stereocenters. The van der Waals surface area contributed by atoms with Crippen LogP contribution in [-0.2, 0) is 23.9 Å². The molecule has 314 valence electrons. The number of amidine groups is 1. The number of carboxylic acid groups (broad SMARTS) is 1. The van der Waals surface area contributed by atoms with Crippen LogP contribution >= 0.6 is 23.4 Å². The van der Waals surface area contributed by atoms with Gasteiger partial charge in [0, 0.05) is 48.4 Å². The topological polar surface area (TPSA) is 190 Å². The third kappa shape index (κ3) is 8.55. The maximum absolute atomic E-state index is 14.7. The average Bonchev–Trinajstić information content (AvgIpc) is 3.42. The normalized spacial score (nSPS) is 29.4. The van der Waals surface area contributed by atoms with Crippen molar-refractivity contribution >= 4 is 63.3 Å². The molecule has 4 aliphatic heterocycles. The molecule has 3 amide bonds. The minimum Gasteiger partial charge on any atom is -0.495 e. The summed E-state index contributed by atoms with van der Waals surface area (Å²) in [6, 6.07) is 2.97. The summed E-state index contributed by atoms with van der Waals surface area (Å²) in [5, 5.41) is 20.7. The number of aliphatic imine (C=N–C) groups is 1. The number of carbonyl (C=O) groups is 4. The van der Waals surface area contributed by atoms with Gasteiger partial charge in [0.2, 0.25) is 11.8 Å². The van der Waals surface area contributed by atoms with E-state index in [1.54, 1.807) is 23.9 Å². The quantitative estimate of drug-likeness (QED) is 0.200. The number of rotatable bonds is 12. The van der Waals surface area contributed by atoms with Gasteiger partial charge >= 0.3 is 12.1 Å². The summed E-state index contributed by atoms with van der Waals surface area (Å²) < 4.78 is 24.0. The van der Waals surface area contributed by atoms with Crippen LogP contribution in [0.25, 0.3) is 10.9 Å². The van der Waals surface area contributed by atoms with Crippen molar-refractivity contribution in [1.29, 1.82) is 0 Å². The molecule has 3 saturated heterocycles. The number of nitrogens with zero attached hydrogens (tertiary/aromatic N) is 3. The van der Waals surface area contributed by atoms with Crippen LogP contribution in [0.4, 0.5) is 4.79 Å². The zero-order valence-corrected chi connectivity index (χ0v) is 35.3. The van der Waals surface area contributed by atoms with Crippen LogP contribution in [-0.4, -0.2) is 112 Å². The molecule has 1 aliphatic carbocycles. The molecule has 5 aliphatic rings. The number of nitrogens with one attached hydrogen (secondary N) is 3. The third-order valence-electron chi connectivity index (χ3n) is 11.6. The monoisotopic (exact) mass is 840 g/mol. The molecule has 2 bridgehead atoms. The first-order chi connectivity index (χ1) is 27.5. The number of carbonyl (C=O) groups excluding carboxylic acids is 3. The van der Waals surface area contributed by atoms with Crippen LogP contribution in [0.5, 0.6) is 11.5 Å². The molecule has 4 N–H and O–H groups in total. The molecule has 1 aromatic heterocycles. The molecule has 2 aromatic rings. The van der Waals surface area contributed by atoms with Crippen molar-refractivity contribution < 1.29 is 43.2 Å². The Kier molecular flexibility index (Phi) is 11.8. The van der Waals surface area contributed by atoms with E-state index in [-0.39, 0.29) is 49.8 Å². The summed E-state index contributed by atoms with van der Waals surface area (Å²) in [4.78, 5) is 66.0. The van der Waals surface area contributed by atoms with Crippen LogP contribution < -0.4 is 25.4 Å². The fourth-order valence-corrected chi connectivity index (χ4v) is 9.77. The van der Waals surface area contributed by atoms with Gasteiger partial charge in [0.05, 0.1) is 37.1 Å². The molecule has 58 heavy (non-hydrogen) atoms. The second-order valence-corrected chi connectivity index (χ2v) is 18.7. The molecular formula is C41H53ClN6O9S. The zero-order chi connectivity index (χ0) is 41.7.